The molecule has 1 aliphatic carbocycles. The average Bonchev–Trinajstić information content (AvgIpc) is 2.81. The highest BCUT2D eigenvalue weighted by molar-refractivity contribution is 7.88. The van der Waals surface area contributed by atoms with Crippen molar-refractivity contribution in [3.8, 4) is 11.5 Å². The molecule has 15 heteroatoms. The number of hydrogen-bond acceptors (Lipinski definition) is 8. The Labute approximate surface area is 212 Å². The molecular weight excluding hydrogens is 521 g/mol. The SMILES string of the molecule is CCCN(CCCNc1nc(NC2CCC(F)(F)CC2)nc(-c2cccc(C(F)(F)F)n2)n1)S(C)(=O)=O. The Kier molecular flexibility index (Phi) is 9.21. The number of rotatable bonds is 11. The molecular formula is C22H30F5N7O2S. The highest BCUT2D eigenvalue weighted by Crippen LogP contribution is 2.34. The van der Waals surface area contributed by atoms with Gasteiger partial charge < -0.3 is 10.6 Å². The van der Waals surface area contributed by atoms with Crippen molar-refractivity contribution in [1.29, 1.82) is 0 Å². The summed E-state index contributed by atoms with van der Waals surface area (Å²) in [5.74, 6) is -2.80. The first-order chi connectivity index (χ1) is 17.3. The van der Waals surface area contributed by atoms with Gasteiger partial charge in [0.2, 0.25) is 27.8 Å². The fourth-order valence-corrected chi connectivity index (χ4v) is 4.84. The molecule has 0 aliphatic heterocycles. The topological polar surface area (TPSA) is 113 Å². The Bertz CT molecular complexity index is 1150. The summed E-state index contributed by atoms with van der Waals surface area (Å²) in [6.07, 6.45) is -2.69. The molecule has 1 saturated carbocycles. The molecule has 37 heavy (non-hydrogen) atoms. The predicted octanol–water partition coefficient (Wildman–Crippen LogP) is 4.42. The number of nitrogens with one attached hydrogen (secondary N) is 2. The van der Waals surface area contributed by atoms with Crippen molar-refractivity contribution in [1.82, 2.24) is 24.2 Å². The van der Waals surface area contributed by atoms with Gasteiger partial charge in [-0.05, 0) is 37.8 Å². The first-order valence-corrected chi connectivity index (χ1v) is 13.8. The summed E-state index contributed by atoms with van der Waals surface area (Å²) in [6, 6.07) is 3.00. The molecule has 0 unspecified atom stereocenters. The van der Waals surface area contributed by atoms with Crippen LogP contribution in [0.4, 0.5) is 33.8 Å². The average molecular weight is 552 g/mol. The van der Waals surface area contributed by atoms with Gasteiger partial charge in [0.1, 0.15) is 11.4 Å². The minimum Gasteiger partial charge on any atom is -0.354 e. The molecule has 206 valence electrons. The van der Waals surface area contributed by atoms with Crippen LogP contribution in [0.15, 0.2) is 18.2 Å². The molecule has 2 aromatic rings. The Morgan fingerprint density at radius 1 is 1.05 bits per heavy atom. The molecule has 0 atom stereocenters. The van der Waals surface area contributed by atoms with Gasteiger partial charge in [-0.15, -0.1) is 0 Å². The van der Waals surface area contributed by atoms with Crippen molar-refractivity contribution in [3.63, 3.8) is 0 Å². The lowest BCUT2D eigenvalue weighted by Gasteiger charge is -2.28. The second-order valence-corrected chi connectivity index (χ2v) is 10.9. The second-order valence-electron chi connectivity index (χ2n) is 8.93. The fourth-order valence-electron chi connectivity index (χ4n) is 3.87. The summed E-state index contributed by atoms with van der Waals surface area (Å²) in [5, 5.41) is 5.93. The van der Waals surface area contributed by atoms with Gasteiger partial charge in [0.05, 0.1) is 6.26 Å². The molecule has 1 fully saturated rings. The summed E-state index contributed by atoms with van der Waals surface area (Å²) in [7, 11) is -3.36. The molecule has 3 rings (SSSR count). The molecule has 0 radical (unpaired) electrons. The van der Waals surface area contributed by atoms with Crippen molar-refractivity contribution in [2.45, 2.75) is 63.6 Å². The van der Waals surface area contributed by atoms with Crippen molar-refractivity contribution in [2.24, 2.45) is 0 Å². The number of aromatic nitrogens is 4. The van der Waals surface area contributed by atoms with Crippen LogP contribution in [0.5, 0.6) is 0 Å². The van der Waals surface area contributed by atoms with Gasteiger partial charge in [-0.1, -0.05) is 13.0 Å². The van der Waals surface area contributed by atoms with Gasteiger partial charge >= 0.3 is 6.18 Å². The number of alkyl halides is 5. The summed E-state index contributed by atoms with van der Waals surface area (Å²) < 4.78 is 91.7. The van der Waals surface area contributed by atoms with Crippen molar-refractivity contribution in [2.75, 3.05) is 36.5 Å². The molecule has 0 bridgehead atoms. The van der Waals surface area contributed by atoms with Crippen LogP contribution in [0.3, 0.4) is 0 Å². The Hall–Kier alpha value is -2.68. The minimum atomic E-state index is -4.66. The van der Waals surface area contributed by atoms with Gasteiger partial charge in [-0.25, -0.2) is 26.5 Å². The standard InChI is InChI=1S/C22H30F5N7O2S/c1-3-13-34(37(2,35)36)14-5-12-28-19-31-18(16-6-4-7-17(30-16)22(25,26)27)32-20(33-19)29-15-8-10-21(23,24)11-9-15/h4,6-7,15H,3,5,8-14H2,1-2H3,(H2,28,29,31,32,33). The van der Waals surface area contributed by atoms with Crippen LogP contribution < -0.4 is 10.6 Å². The van der Waals surface area contributed by atoms with Crippen LogP contribution >= 0.6 is 0 Å². The maximum atomic E-state index is 13.5. The van der Waals surface area contributed by atoms with Crippen LogP contribution in [-0.4, -0.2) is 70.5 Å². The van der Waals surface area contributed by atoms with E-state index in [9.17, 15) is 30.4 Å². The second kappa shape index (κ2) is 11.8. The van der Waals surface area contributed by atoms with E-state index in [1.54, 1.807) is 0 Å². The van der Waals surface area contributed by atoms with Crippen molar-refractivity contribution < 1.29 is 30.4 Å². The molecule has 1 aliphatic rings. The van der Waals surface area contributed by atoms with E-state index in [0.29, 0.717) is 19.4 Å². The van der Waals surface area contributed by atoms with Crippen LogP contribution in [0.1, 0.15) is 51.1 Å². The third kappa shape index (κ3) is 8.69. The molecule has 2 aromatic heterocycles. The summed E-state index contributed by atoms with van der Waals surface area (Å²) >= 11 is 0. The van der Waals surface area contributed by atoms with E-state index in [1.165, 1.54) is 16.4 Å². The minimum absolute atomic E-state index is 0.0191. The molecule has 2 heterocycles. The number of hydrogen-bond donors (Lipinski definition) is 2. The number of nitrogens with zero attached hydrogens (tertiary/aromatic N) is 5. The Balaban J connectivity index is 1.80. The third-order valence-electron chi connectivity index (χ3n) is 5.76. The maximum absolute atomic E-state index is 13.5. The van der Waals surface area contributed by atoms with Gasteiger partial charge in [0.25, 0.3) is 0 Å². The lowest BCUT2D eigenvalue weighted by Crippen LogP contribution is -2.33. The number of sulfonamides is 1. The number of pyridine rings is 1. The van der Waals surface area contributed by atoms with E-state index in [-0.39, 0.29) is 68.2 Å². The highest BCUT2D eigenvalue weighted by atomic mass is 32.2. The summed E-state index contributed by atoms with van der Waals surface area (Å²) in [5.41, 5.74) is -1.24. The van der Waals surface area contributed by atoms with Crippen molar-refractivity contribution >= 4 is 21.9 Å². The molecule has 0 spiro atoms. The lowest BCUT2D eigenvalue weighted by molar-refractivity contribution is -0.141. The normalized spacial score (nSPS) is 16.6. The van der Waals surface area contributed by atoms with E-state index in [0.717, 1.165) is 12.3 Å². The summed E-state index contributed by atoms with van der Waals surface area (Å²) in [4.78, 5) is 16.3. The van der Waals surface area contributed by atoms with E-state index in [2.05, 4.69) is 30.6 Å². The van der Waals surface area contributed by atoms with E-state index < -0.39 is 27.8 Å². The largest absolute Gasteiger partial charge is 0.433 e. The van der Waals surface area contributed by atoms with Gasteiger partial charge in [0.15, 0.2) is 5.82 Å². The number of halogens is 5. The molecule has 0 saturated heterocycles. The quantitative estimate of drug-likeness (QED) is 0.312. The summed E-state index contributed by atoms with van der Waals surface area (Å²) in [6.45, 7) is 2.77. The fraction of sp³-hybridized carbons (Fsp3) is 0.636. The highest BCUT2D eigenvalue weighted by Gasteiger charge is 2.35. The van der Waals surface area contributed by atoms with Crippen LogP contribution in [0, 0.1) is 0 Å². The van der Waals surface area contributed by atoms with Gasteiger partial charge in [0, 0.05) is 38.5 Å². The van der Waals surface area contributed by atoms with Gasteiger partial charge in [-0.3, -0.25) is 0 Å². The first kappa shape index (κ1) is 28.9. The van der Waals surface area contributed by atoms with Gasteiger partial charge in [-0.2, -0.15) is 28.1 Å². The molecule has 9 nitrogen and oxygen atoms in total. The molecule has 0 amide bonds. The Morgan fingerprint density at radius 2 is 1.73 bits per heavy atom. The lowest BCUT2D eigenvalue weighted by atomic mass is 9.92. The van der Waals surface area contributed by atoms with Crippen LogP contribution in [0.25, 0.3) is 11.5 Å². The van der Waals surface area contributed by atoms with Crippen LogP contribution in [0.2, 0.25) is 0 Å². The van der Waals surface area contributed by atoms with Crippen molar-refractivity contribution in [3.05, 3.63) is 23.9 Å². The monoisotopic (exact) mass is 551 g/mol. The zero-order chi connectivity index (χ0) is 27.3. The van der Waals surface area contributed by atoms with Crippen LogP contribution in [-0.2, 0) is 16.2 Å². The smallest absolute Gasteiger partial charge is 0.354 e. The Morgan fingerprint density at radius 3 is 2.35 bits per heavy atom. The maximum Gasteiger partial charge on any atom is 0.433 e. The van der Waals surface area contributed by atoms with E-state index >= 15 is 0 Å². The molecule has 2 N–H and O–H groups in total. The van der Waals surface area contributed by atoms with E-state index in [1.807, 2.05) is 6.92 Å². The molecule has 0 aromatic carbocycles. The zero-order valence-corrected chi connectivity index (χ0v) is 21.3. The predicted molar refractivity (Wildman–Crippen MR) is 129 cm³/mol. The zero-order valence-electron chi connectivity index (χ0n) is 20.5. The number of anilines is 2. The third-order valence-corrected chi connectivity index (χ3v) is 7.07. The first-order valence-electron chi connectivity index (χ1n) is 11.9. The van der Waals surface area contributed by atoms with E-state index in [4.69, 9.17) is 0 Å².